The van der Waals surface area contributed by atoms with Gasteiger partial charge >= 0.3 is 0 Å². The lowest BCUT2D eigenvalue weighted by molar-refractivity contribution is -0.118. The largest absolute Gasteiger partial charge is 0.370 e. The number of nitrogens with zero attached hydrogens (tertiary/aromatic N) is 3. The van der Waals surface area contributed by atoms with Gasteiger partial charge in [-0.3, -0.25) is 4.79 Å². The Morgan fingerprint density at radius 3 is 1.90 bits per heavy atom. The average molecular weight is 296 g/mol. The highest BCUT2D eigenvalue weighted by molar-refractivity contribution is 5.74. The minimum atomic E-state index is -0.393. The zero-order valence-corrected chi connectivity index (χ0v) is 13.6. The zero-order valence-electron chi connectivity index (χ0n) is 13.6. The van der Waals surface area contributed by atoms with Gasteiger partial charge in [-0.2, -0.15) is 0 Å². The smallest absolute Gasteiger partial charge is 0.217 e. The second-order valence-electron chi connectivity index (χ2n) is 5.85. The molecule has 0 spiro atoms. The summed E-state index contributed by atoms with van der Waals surface area (Å²) in [6.07, 6.45) is 15.1. The third-order valence-corrected chi connectivity index (χ3v) is 3.79. The number of carbonyl (C=O) groups is 1. The lowest BCUT2D eigenvalue weighted by Crippen LogP contribution is -2.18. The third-order valence-electron chi connectivity index (χ3n) is 3.79. The maximum absolute atomic E-state index is 10.8. The summed E-state index contributed by atoms with van der Waals surface area (Å²) in [6, 6.07) is -0.258. The average Bonchev–Trinajstić information content (AvgIpc) is 2.44. The van der Waals surface area contributed by atoms with Crippen LogP contribution in [0.25, 0.3) is 10.4 Å². The van der Waals surface area contributed by atoms with E-state index in [1.807, 2.05) is 0 Å². The molecule has 0 fully saturated rings. The number of azide groups is 1. The quantitative estimate of drug-likeness (QED) is 0.190. The van der Waals surface area contributed by atoms with Crippen LogP contribution in [0.4, 0.5) is 0 Å². The molecule has 0 unspecified atom stereocenters. The van der Waals surface area contributed by atoms with Gasteiger partial charge in [0.15, 0.2) is 0 Å². The van der Waals surface area contributed by atoms with Gasteiger partial charge in [0.25, 0.3) is 0 Å². The first-order chi connectivity index (χ1) is 10.2. The zero-order chi connectivity index (χ0) is 15.8. The van der Waals surface area contributed by atoms with Crippen LogP contribution in [0.1, 0.15) is 90.4 Å². The lowest BCUT2D eigenvalue weighted by atomic mass is 10.0. The molecular formula is C16H32N4O. The highest BCUT2D eigenvalue weighted by Gasteiger charge is 2.09. The third kappa shape index (κ3) is 15.0. The fraction of sp³-hybridized carbons (Fsp3) is 0.938. The highest BCUT2D eigenvalue weighted by atomic mass is 16.1. The van der Waals surface area contributed by atoms with Crippen LogP contribution in [0.15, 0.2) is 5.11 Å². The molecule has 0 aromatic heterocycles. The molecule has 0 radical (unpaired) electrons. The molecule has 5 nitrogen and oxygen atoms in total. The summed E-state index contributed by atoms with van der Waals surface area (Å²) in [5.41, 5.74) is 13.6. The van der Waals surface area contributed by atoms with Crippen molar-refractivity contribution in [3.8, 4) is 0 Å². The number of unbranched alkanes of at least 4 members (excludes halogenated alkanes) is 10. The first-order valence-corrected chi connectivity index (χ1v) is 8.53. The Labute approximate surface area is 129 Å². The molecule has 0 saturated carbocycles. The van der Waals surface area contributed by atoms with Crippen molar-refractivity contribution in [3.63, 3.8) is 0 Å². The fourth-order valence-electron chi connectivity index (χ4n) is 2.55. The molecule has 0 aromatic rings. The molecule has 1 atom stereocenters. The van der Waals surface area contributed by atoms with Crippen molar-refractivity contribution in [2.75, 3.05) is 0 Å². The van der Waals surface area contributed by atoms with E-state index in [0.29, 0.717) is 0 Å². The first kappa shape index (κ1) is 19.8. The van der Waals surface area contributed by atoms with Gasteiger partial charge in [-0.15, -0.1) is 0 Å². The van der Waals surface area contributed by atoms with Gasteiger partial charge in [-0.25, -0.2) is 0 Å². The van der Waals surface area contributed by atoms with E-state index in [1.165, 1.54) is 57.8 Å². The fourth-order valence-corrected chi connectivity index (χ4v) is 2.55. The van der Waals surface area contributed by atoms with Gasteiger partial charge in [0.05, 0.1) is 0 Å². The van der Waals surface area contributed by atoms with Gasteiger partial charge in [0.2, 0.25) is 5.91 Å². The maximum atomic E-state index is 10.8. The van der Waals surface area contributed by atoms with E-state index < -0.39 is 5.91 Å². The SMILES string of the molecule is CCCCCCCCCCCCC[C@@H](CC(N)=O)N=[N+]=[N-]. The van der Waals surface area contributed by atoms with Crippen molar-refractivity contribution in [1.29, 1.82) is 0 Å². The van der Waals surface area contributed by atoms with Crippen LogP contribution in [0, 0.1) is 0 Å². The van der Waals surface area contributed by atoms with Crippen LogP contribution in [-0.4, -0.2) is 11.9 Å². The molecule has 0 heterocycles. The van der Waals surface area contributed by atoms with Gasteiger partial charge < -0.3 is 5.73 Å². The Morgan fingerprint density at radius 1 is 1.00 bits per heavy atom. The van der Waals surface area contributed by atoms with E-state index >= 15 is 0 Å². The summed E-state index contributed by atoms with van der Waals surface area (Å²) in [4.78, 5) is 13.6. The molecule has 21 heavy (non-hydrogen) atoms. The van der Waals surface area contributed by atoms with E-state index in [4.69, 9.17) is 11.3 Å². The summed E-state index contributed by atoms with van der Waals surface area (Å²) in [7, 11) is 0. The number of nitrogens with two attached hydrogens (primary N) is 1. The Hall–Kier alpha value is -1.22. The second-order valence-corrected chi connectivity index (χ2v) is 5.85. The Kier molecular flexibility index (Phi) is 14.3. The van der Waals surface area contributed by atoms with Crippen molar-refractivity contribution < 1.29 is 4.79 Å². The monoisotopic (exact) mass is 296 g/mol. The Morgan fingerprint density at radius 2 is 1.48 bits per heavy atom. The Balaban J connectivity index is 3.37. The molecule has 0 saturated heterocycles. The van der Waals surface area contributed by atoms with Crippen LogP contribution in [0.3, 0.4) is 0 Å². The van der Waals surface area contributed by atoms with E-state index in [0.717, 1.165) is 19.3 Å². The number of carbonyl (C=O) groups excluding carboxylic acids is 1. The molecule has 0 aliphatic carbocycles. The van der Waals surface area contributed by atoms with E-state index in [2.05, 4.69) is 16.9 Å². The summed E-state index contributed by atoms with van der Waals surface area (Å²) in [6.45, 7) is 2.25. The number of hydrogen-bond acceptors (Lipinski definition) is 2. The van der Waals surface area contributed by atoms with Crippen molar-refractivity contribution in [2.45, 2.75) is 96.4 Å². The molecule has 0 bridgehead atoms. The summed E-state index contributed by atoms with van der Waals surface area (Å²) in [5.74, 6) is -0.393. The number of primary amides is 1. The van der Waals surface area contributed by atoms with Crippen LogP contribution in [-0.2, 0) is 4.79 Å². The number of amides is 1. The molecular weight excluding hydrogens is 264 g/mol. The summed E-state index contributed by atoms with van der Waals surface area (Å²) >= 11 is 0. The molecule has 122 valence electrons. The first-order valence-electron chi connectivity index (χ1n) is 8.53. The molecule has 5 heteroatoms. The highest BCUT2D eigenvalue weighted by Crippen LogP contribution is 2.14. The Bertz CT molecular complexity index is 301. The van der Waals surface area contributed by atoms with Crippen molar-refractivity contribution in [2.24, 2.45) is 10.8 Å². The molecule has 0 aromatic carbocycles. The van der Waals surface area contributed by atoms with E-state index in [-0.39, 0.29) is 12.5 Å². The predicted octanol–water partition coefficient (Wildman–Crippen LogP) is 5.24. The van der Waals surface area contributed by atoms with Crippen molar-refractivity contribution >= 4 is 5.91 Å². The predicted molar refractivity (Wildman–Crippen MR) is 87.8 cm³/mol. The molecule has 2 N–H and O–H groups in total. The molecule has 0 aliphatic rings. The standard InChI is InChI=1S/C16H32N4O/c1-2-3-4-5-6-7-8-9-10-11-12-13-15(19-20-18)14-16(17)21/h15H,2-14H2,1H3,(H2,17,21)/t15-/m0/s1. The van der Waals surface area contributed by atoms with Crippen molar-refractivity contribution in [1.82, 2.24) is 0 Å². The normalized spacial score (nSPS) is 11.9. The van der Waals surface area contributed by atoms with Gasteiger partial charge in [0.1, 0.15) is 0 Å². The van der Waals surface area contributed by atoms with Crippen LogP contribution < -0.4 is 5.73 Å². The van der Waals surface area contributed by atoms with E-state index in [9.17, 15) is 4.79 Å². The maximum Gasteiger partial charge on any atom is 0.217 e. The second kappa shape index (κ2) is 15.2. The molecule has 1 amide bonds. The summed E-state index contributed by atoms with van der Waals surface area (Å²) in [5, 5.41) is 3.63. The van der Waals surface area contributed by atoms with Gasteiger partial charge in [-0.05, 0) is 12.0 Å². The van der Waals surface area contributed by atoms with Gasteiger partial charge in [-0.1, -0.05) is 82.7 Å². The topological polar surface area (TPSA) is 91.9 Å². The number of rotatable bonds is 15. The minimum Gasteiger partial charge on any atom is -0.370 e. The molecule has 0 aliphatic heterocycles. The van der Waals surface area contributed by atoms with Crippen LogP contribution >= 0.6 is 0 Å². The van der Waals surface area contributed by atoms with Crippen LogP contribution in [0.5, 0.6) is 0 Å². The lowest BCUT2D eigenvalue weighted by Gasteiger charge is -2.08. The number of hydrogen-bond donors (Lipinski definition) is 1. The minimum absolute atomic E-state index is 0.168. The van der Waals surface area contributed by atoms with E-state index in [1.54, 1.807) is 0 Å². The van der Waals surface area contributed by atoms with Crippen LogP contribution in [0.2, 0.25) is 0 Å². The van der Waals surface area contributed by atoms with Gasteiger partial charge in [0, 0.05) is 17.4 Å². The molecule has 0 rings (SSSR count). The summed E-state index contributed by atoms with van der Waals surface area (Å²) < 4.78 is 0. The van der Waals surface area contributed by atoms with Crippen molar-refractivity contribution in [3.05, 3.63) is 10.4 Å².